The molecule has 4 nitrogen and oxygen atoms in total. The average Bonchev–Trinajstić information content (AvgIpc) is 2.48. The number of carbonyl (C=O) groups excluding carboxylic acids is 1. The van der Waals surface area contributed by atoms with Crippen LogP contribution in [0.5, 0.6) is 0 Å². The summed E-state index contributed by atoms with van der Waals surface area (Å²) >= 11 is 0. The molecule has 1 saturated heterocycles. The molecule has 0 aromatic heterocycles. The van der Waals surface area contributed by atoms with Crippen molar-refractivity contribution in [2.24, 2.45) is 0 Å². The Kier molecular flexibility index (Phi) is 5.49. The van der Waals surface area contributed by atoms with Gasteiger partial charge in [0.25, 0.3) is 0 Å². The fraction of sp³-hybridized carbons (Fsp3) is 0.533. The van der Waals surface area contributed by atoms with E-state index < -0.39 is 0 Å². The van der Waals surface area contributed by atoms with Crippen LogP contribution in [-0.4, -0.2) is 62.1 Å². The minimum absolute atomic E-state index is 0.00138. The van der Waals surface area contributed by atoms with Crippen molar-refractivity contribution in [3.63, 3.8) is 0 Å². The van der Waals surface area contributed by atoms with Crippen LogP contribution in [0.25, 0.3) is 0 Å². The Labute approximate surface area is 119 Å². The van der Waals surface area contributed by atoms with Crippen molar-refractivity contribution < 1.29 is 13.9 Å². The van der Waals surface area contributed by atoms with Crippen molar-refractivity contribution in [1.82, 2.24) is 9.80 Å². The number of nitrogens with zero attached hydrogens (tertiary/aromatic N) is 2. The first-order chi connectivity index (χ1) is 9.70. The van der Waals surface area contributed by atoms with Gasteiger partial charge in [0.2, 0.25) is 5.91 Å². The summed E-state index contributed by atoms with van der Waals surface area (Å²) < 4.78 is 18.6. The largest absolute Gasteiger partial charge is 0.383 e. The number of hydrogen-bond donors (Lipinski definition) is 0. The lowest BCUT2D eigenvalue weighted by atomic mass is 10.1. The van der Waals surface area contributed by atoms with Crippen molar-refractivity contribution in [1.29, 1.82) is 0 Å². The first kappa shape index (κ1) is 14.9. The number of carbonyl (C=O) groups is 1. The Balaban J connectivity index is 1.82. The standard InChI is InChI=1S/C15H21FN2O2/c1-20-11-10-17-6-8-18(9-7-17)15(19)12-13-4-2-3-5-14(13)16/h2-5H,6-12H2,1H3. The maximum Gasteiger partial charge on any atom is 0.227 e. The van der Waals surface area contributed by atoms with Gasteiger partial charge in [-0.1, -0.05) is 18.2 Å². The summed E-state index contributed by atoms with van der Waals surface area (Å²) in [5.74, 6) is -0.305. The van der Waals surface area contributed by atoms with E-state index in [2.05, 4.69) is 4.90 Å². The van der Waals surface area contributed by atoms with Crippen LogP contribution < -0.4 is 0 Å². The second-order valence-electron chi connectivity index (χ2n) is 4.98. The van der Waals surface area contributed by atoms with E-state index in [9.17, 15) is 9.18 Å². The van der Waals surface area contributed by atoms with Crippen molar-refractivity contribution in [3.8, 4) is 0 Å². The average molecular weight is 280 g/mol. The summed E-state index contributed by atoms with van der Waals surface area (Å²) in [6, 6.07) is 6.46. The van der Waals surface area contributed by atoms with Gasteiger partial charge in [-0.05, 0) is 11.6 Å². The van der Waals surface area contributed by atoms with Crippen LogP contribution in [0, 0.1) is 5.82 Å². The van der Waals surface area contributed by atoms with Gasteiger partial charge in [0.1, 0.15) is 5.82 Å². The maximum atomic E-state index is 13.5. The third-order valence-electron chi connectivity index (χ3n) is 3.64. The molecule has 110 valence electrons. The third-order valence-corrected chi connectivity index (χ3v) is 3.64. The molecule has 0 bridgehead atoms. The van der Waals surface area contributed by atoms with Crippen LogP contribution >= 0.6 is 0 Å². The lowest BCUT2D eigenvalue weighted by Gasteiger charge is -2.34. The number of hydrogen-bond acceptors (Lipinski definition) is 3. The van der Waals surface area contributed by atoms with Crippen LogP contribution in [0.2, 0.25) is 0 Å². The Morgan fingerprint density at radius 2 is 1.95 bits per heavy atom. The molecule has 1 aliphatic rings. The SMILES string of the molecule is COCCN1CCN(C(=O)Cc2ccccc2F)CC1. The molecule has 0 atom stereocenters. The number of rotatable bonds is 5. The predicted molar refractivity (Wildman–Crippen MR) is 75.0 cm³/mol. The Hall–Kier alpha value is -1.46. The third kappa shape index (κ3) is 4.02. The molecule has 1 heterocycles. The first-order valence-electron chi connectivity index (χ1n) is 6.93. The molecule has 1 fully saturated rings. The molecule has 1 aromatic rings. The zero-order valence-electron chi connectivity index (χ0n) is 11.8. The van der Waals surface area contributed by atoms with E-state index in [1.165, 1.54) is 6.07 Å². The highest BCUT2D eigenvalue weighted by Crippen LogP contribution is 2.10. The second-order valence-corrected chi connectivity index (χ2v) is 4.98. The molecule has 2 rings (SSSR count). The lowest BCUT2D eigenvalue weighted by Crippen LogP contribution is -2.49. The molecule has 0 spiro atoms. The zero-order chi connectivity index (χ0) is 14.4. The molecule has 0 aliphatic carbocycles. The number of amides is 1. The summed E-state index contributed by atoms with van der Waals surface area (Å²) in [6.07, 6.45) is 0.144. The Morgan fingerprint density at radius 1 is 1.25 bits per heavy atom. The molecule has 0 radical (unpaired) electrons. The van der Waals surface area contributed by atoms with E-state index >= 15 is 0 Å². The summed E-state index contributed by atoms with van der Waals surface area (Å²) in [5, 5.41) is 0. The normalized spacial score (nSPS) is 16.4. The molecule has 1 amide bonds. The number of benzene rings is 1. The van der Waals surface area contributed by atoms with Crippen molar-refractivity contribution in [2.75, 3.05) is 46.4 Å². The summed E-state index contributed by atoms with van der Waals surface area (Å²) in [6.45, 7) is 4.72. The fourth-order valence-electron chi connectivity index (χ4n) is 2.36. The highest BCUT2D eigenvalue weighted by Gasteiger charge is 2.21. The highest BCUT2D eigenvalue weighted by molar-refractivity contribution is 5.78. The summed E-state index contributed by atoms with van der Waals surface area (Å²) in [4.78, 5) is 16.2. The molecule has 20 heavy (non-hydrogen) atoms. The van der Waals surface area contributed by atoms with Gasteiger partial charge < -0.3 is 9.64 Å². The monoisotopic (exact) mass is 280 g/mol. The predicted octanol–water partition coefficient (Wildman–Crippen LogP) is 1.16. The molecule has 0 saturated carbocycles. The minimum Gasteiger partial charge on any atom is -0.383 e. The number of halogens is 1. The van der Waals surface area contributed by atoms with E-state index in [-0.39, 0.29) is 18.1 Å². The van der Waals surface area contributed by atoms with E-state index in [0.717, 1.165) is 19.6 Å². The maximum absolute atomic E-state index is 13.5. The fourth-order valence-corrected chi connectivity index (χ4v) is 2.36. The Bertz CT molecular complexity index is 445. The zero-order valence-corrected chi connectivity index (χ0v) is 11.8. The van der Waals surface area contributed by atoms with Crippen molar-refractivity contribution >= 4 is 5.91 Å². The Morgan fingerprint density at radius 3 is 2.60 bits per heavy atom. The second kappa shape index (κ2) is 7.36. The van der Waals surface area contributed by atoms with Crippen LogP contribution in [0.1, 0.15) is 5.56 Å². The minimum atomic E-state index is -0.306. The smallest absolute Gasteiger partial charge is 0.227 e. The molecule has 0 unspecified atom stereocenters. The van der Waals surface area contributed by atoms with Gasteiger partial charge >= 0.3 is 0 Å². The van der Waals surface area contributed by atoms with Gasteiger partial charge in [0.15, 0.2) is 0 Å². The molecule has 1 aliphatic heterocycles. The van der Waals surface area contributed by atoms with E-state index in [0.29, 0.717) is 25.3 Å². The first-order valence-corrected chi connectivity index (χ1v) is 6.93. The quantitative estimate of drug-likeness (QED) is 0.811. The summed E-state index contributed by atoms with van der Waals surface area (Å²) in [5.41, 5.74) is 0.472. The van der Waals surface area contributed by atoms with Crippen molar-refractivity contribution in [2.45, 2.75) is 6.42 Å². The lowest BCUT2D eigenvalue weighted by molar-refractivity contribution is -0.132. The van der Waals surface area contributed by atoms with Gasteiger partial charge in [-0.2, -0.15) is 0 Å². The van der Waals surface area contributed by atoms with Crippen LogP contribution in [0.15, 0.2) is 24.3 Å². The molecule has 5 heteroatoms. The van der Waals surface area contributed by atoms with Gasteiger partial charge in [-0.15, -0.1) is 0 Å². The van der Waals surface area contributed by atoms with Crippen molar-refractivity contribution in [3.05, 3.63) is 35.6 Å². The van der Waals surface area contributed by atoms with Crippen LogP contribution in [0.4, 0.5) is 4.39 Å². The number of ether oxygens (including phenoxy) is 1. The summed E-state index contributed by atoms with van der Waals surface area (Å²) in [7, 11) is 1.69. The highest BCUT2D eigenvalue weighted by atomic mass is 19.1. The molecular weight excluding hydrogens is 259 g/mol. The van der Waals surface area contributed by atoms with Gasteiger partial charge in [-0.25, -0.2) is 4.39 Å². The van der Waals surface area contributed by atoms with Gasteiger partial charge in [0, 0.05) is 39.8 Å². The van der Waals surface area contributed by atoms with Gasteiger partial charge in [0.05, 0.1) is 13.0 Å². The van der Waals surface area contributed by atoms with E-state index in [1.54, 1.807) is 25.3 Å². The van der Waals surface area contributed by atoms with Gasteiger partial charge in [-0.3, -0.25) is 9.69 Å². The molecular formula is C15H21FN2O2. The number of methoxy groups -OCH3 is 1. The molecule has 0 N–H and O–H groups in total. The number of piperazine rings is 1. The topological polar surface area (TPSA) is 32.8 Å². The molecule has 1 aromatic carbocycles. The van der Waals surface area contributed by atoms with E-state index in [4.69, 9.17) is 4.74 Å². The van der Waals surface area contributed by atoms with Crippen LogP contribution in [-0.2, 0) is 16.0 Å². The van der Waals surface area contributed by atoms with Crippen LogP contribution in [0.3, 0.4) is 0 Å². The van der Waals surface area contributed by atoms with E-state index in [1.807, 2.05) is 4.90 Å².